The van der Waals surface area contributed by atoms with E-state index in [0.29, 0.717) is 24.7 Å². The number of hydrogen-bond acceptors (Lipinski definition) is 6. The van der Waals surface area contributed by atoms with Crippen LogP contribution in [0, 0.1) is 5.92 Å². The molecule has 2 aromatic heterocycles. The average molecular weight is 439 g/mol. The molecular weight excluding hydrogens is 420 g/mol. The molecule has 1 N–H and O–H groups in total. The number of amides is 1. The Labute approximate surface area is 160 Å². The first-order chi connectivity index (χ1) is 12.3. The Kier molecular flexibility index (Phi) is 5.57. The number of aromatic nitrogens is 2. The van der Waals surface area contributed by atoms with Crippen LogP contribution in [-0.2, 0) is 14.6 Å². The Bertz CT molecular complexity index is 902. The third-order valence-electron chi connectivity index (χ3n) is 4.22. The predicted octanol–water partition coefficient (Wildman–Crippen LogP) is 2.50. The third-order valence-corrected chi connectivity index (χ3v) is 5.81. The quantitative estimate of drug-likeness (QED) is 0.787. The van der Waals surface area contributed by atoms with Crippen molar-refractivity contribution >= 4 is 43.3 Å². The first kappa shape index (κ1) is 18.8. The van der Waals surface area contributed by atoms with Crippen molar-refractivity contribution in [2.45, 2.75) is 17.7 Å². The first-order valence-electron chi connectivity index (χ1n) is 8.17. The fraction of sp³-hybridized carbons (Fsp3) is 0.353. The van der Waals surface area contributed by atoms with Crippen molar-refractivity contribution in [3.05, 3.63) is 41.1 Å². The Morgan fingerprint density at radius 2 is 2.12 bits per heavy atom. The molecule has 138 valence electrons. The number of halogens is 1. The standard InChI is InChI=1S/C17H19BrN4O3S/c1-26(24,25)14-5-2-8-19-16(14)22-9-3-4-12(11-22)17(23)21-15-7-6-13(18)10-20-15/h2,5-8,10,12H,3-4,9,11H2,1H3,(H,20,21,23). The lowest BCUT2D eigenvalue weighted by atomic mass is 9.97. The molecule has 0 aromatic carbocycles. The Morgan fingerprint density at radius 1 is 1.31 bits per heavy atom. The van der Waals surface area contributed by atoms with Crippen molar-refractivity contribution in [1.82, 2.24) is 9.97 Å². The number of nitrogens with one attached hydrogen (secondary N) is 1. The molecule has 0 bridgehead atoms. The molecule has 1 saturated heterocycles. The van der Waals surface area contributed by atoms with Crippen LogP contribution >= 0.6 is 15.9 Å². The van der Waals surface area contributed by atoms with Crippen LogP contribution in [-0.4, -0.2) is 43.6 Å². The van der Waals surface area contributed by atoms with Crippen LogP contribution in [0.4, 0.5) is 11.6 Å². The maximum Gasteiger partial charge on any atom is 0.230 e. The SMILES string of the molecule is CS(=O)(=O)c1cccnc1N1CCCC(C(=O)Nc2ccc(Br)cn2)C1. The maximum absolute atomic E-state index is 12.6. The van der Waals surface area contributed by atoms with Gasteiger partial charge in [-0.05, 0) is 53.0 Å². The smallest absolute Gasteiger partial charge is 0.230 e. The first-order valence-corrected chi connectivity index (χ1v) is 10.9. The molecule has 2 aromatic rings. The summed E-state index contributed by atoms with van der Waals surface area (Å²) in [6.45, 7) is 1.09. The second-order valence-corrected chi connectivity index (χ2v) is 9.13. The molecule has 7 nitrogen and oxygen atoms in total. The number of hydrogen-bond donors (Lipinski definition) is 1. The van der Waals surface area contributed by atoms with Crippen LogP contribution in [0.1, 0.15) is 12.8 Å². The lowest BCUT2D eigenvalue weighted by Crippen LogP contribution is -2.41. The van der Waals surface area contributed by atoms with Crippen molar-refractivity contribution in [2.75, 3.05) is 29.6 Å². The predicted molar refractivity (Wildman–Crippen MR) is 103 cm³/mol. The van der Waals surface area contributed by atoms with E-state index in [1.54, 1.807) is 30.6 Å². The van der Waals surface area contributed by atoms with Crippen molar-refractivity contribution in [2.24, 2.45) is 5.92 Å². The average Bonchev–Trinajstić information content (AvgIpc) is 2.63. The summed E-state index contributed by atoms with van der Waals surface area (Å²) < 4.78 is 24.9. The molecule has 3 rings (SSSR count). The lowest BCUT2D eigenvalue weighted by Gasteiger charge is -2.33. The van der Waals surface area contributed by atoms with Gasteiger partial charge in [0.2, 0.25) is 5.91 Å². The zero-order valence-corrected chi connectivity index (χ0v) is 16.6. The highest BCUT2D eigenvalue weighted by molar-refractivity contribution is 9.10. The number of carbonyl (C=O) groups excluding carboxylic acids is 1. The molecule has 0 aliphatic carbocycles. The summed E-state index contributed by atoms with van der Waals surface area (Å²) in [5, 5.41) is 2.82. The van der Waals surface area contributed by atoms with Crippen molar-refractivity contribution in [3.8, 4) is 0 Å². The molecule has 26 heavy (non-hydrogen) atoms. The highest BCUT2D eigenvalue weighted by Crippen LogP contribution is 2.27. The summed E-state index contributed by atoms with van der Waals surface area (Å²) in [5.41, 5.74) is 0. The third kappa shape index (κ3) is 4.39. The van der Waals surface area contributed by atoms with E-state index in [1.807, 2.05) is 11.0 Å². The van der Waals surface area contributed by atoms with Crippen molar-refractivity contribution in [3.63, 3.8) is 0 Å². The fourth-order valence-electron chi connectivity index (χ4n) is 2.97. The van der Waals surface area contributed by atoms with Gasteiger partial charge in [0.15, 0.2) is 9.84 Å². The molecule has 1 unspecified atom stereocenters. The normalized spacial score (nSPS) is 17.8. The number of anilines is 2. The topological polar surface area (TPSA) is 92.3 Å². The van der Waals surface area contributed by atoms with Gasteiger partial charge in [0.25, 0.3) is 0 Å². The van der Waals surface area contributed by atoms with E-state index in [1.165, 1.54) is 6.26 Å². The molecule has 3 heterocycles. The minimum Gasteiger partial charge on any atom is -0.355 e. The second kappa shape index (κ2) is 7.71. The largest absolute Gasteiger partial charge is 0.355 e. The number of pyridine rings is 2. The Hall–Kier alpha value is -2.00. The van der Waals surface area contributed by atoms with Crippen LogP contribution in [0.3, 0.4) is 0 Å². The van der Waals surface area contributed by atoms with Crippen LogP contribution in [0.25, 0.3) is 0 Å². The summed E-state index contributed by atoms with van der Waals surface area (Å²) in [6.07, 6.45) is 5.88. The Balaban J connectivity index is 1.76. The van der Waals surface area contributed by atoms with Gasteiger partial charge in [-0.25, -0.2) is 18.4 Å². The monoisotopic (exact) mass is 438 g/mol. The summed E-state index contributed by atoms with van der Waals surface area (Å²) in [7, 11) is -3.39. The number of piperidine rings is 1. The number of sulfone groups is 1. The number of carbonyl (C=O) groups is 1. The summed E-state index contributed by atoms with van der Waals surface area (Å²) >= 11 is 3.31. The summed E-state index contributed by atoms with van der Waals surface area (Å²) in [4.78, 5) is 23.1. The zero-order valence-electron chi connectivity index (χ0n) is 14.2. The number of nitrogens with zero attached hydrogens (tertiary/aromatic N) is 3. The summed E-state index contributed by atoms with van der Waals surface area (Å²) in [6, 6.07) is 6.69. The molecule has 0 radical (unpaired) electrons. The minimum atomic E-state index is -3.39. The van der Waals surface area contributed by atoms with Gasteiger partial charge in [-0.3, -0.25) is 4.79 Å². The molecule has 1 amide bonds. The molecule has 1 fully saturated rings. The minimum absolute atomic E-state index is 0.124. The van der Waals surface area contributed by atoms with Gasteiger partial charge >= 0.3 is 0 Å². The van der Waals surface area contributed by atoms with Crippen molar-refractivity contribution in [1.29, 1.82) is 0 Å². The van der Waals surface area contributed by atoms with Crippen LogP contribution in [0.5, 0.6) is 0 Å². The van der Waals surface area contributed by atoms with E-state index in [0.717, 1.165) is 17.3 Å². The number of rotatable bonds is 4. The molecular formula is C17H19BrN4O3S. The van der Waals surface area contributed by atoms with E-state index < -0.39 is 9.84 Å². The molecule has 1 atom stereocenters. The van der Waals surface area contributed by atoms with Gasteiger partial charge in [-0.1, -0.05) is 0 Å². The van der Waals surface area contributed by atoms with Crippen molar-refractivity contribution < 1.29 is 13.2 Å². The van der Waals surface area contributed by atoms with E-state index in [9.17, 15) is 13.2 Å². The highest BCUT2D eigenvalue weighted by atomic mass is 79.9. The van der Waals surface area contributed by atoms with Gasteiger partial charge in [0, 0.05) is 36.2 Å². The van der Waals surface area contributed by atoms with Crippen LogP contribution in [0.2, 0.25) is 0 Å². The maximum atomic E-state index is 12.6. The molecule has 0 saturated carbocycles. The van der Waals surface area contributed by atoms with E-state index in [2.05, 4.69) is 31.2 Å². The van der Waals surface area contributed by atoms with E-state index in [4.69, 9.17) is 0 Å². The molecule has 1 aliphatic rings. The van der Waals surface area contributed by atoms with Gasteiger partial charge in [0.05, 0.1) is 5.92 Å². The second-order valence-electron chi connectivity index (χ2n) is 6.23. The fourth-order valence-corrected chi connectivity index (χ4v) is 4.04. The van der Waals surface area contributed by atoms with E-state index in [-0.39, 0.29) is 16.7 Å². The van der Waals surface area contributed by atoms with Gasteiger partial charge in [-0.2, -0.15) is 0 Å². The van der Waals surface area contributed by atoms with Gasteiger partial charge < -0.3 is 10.2 Å². The van der Waals surface area contributed by atoms with Gasteiger partial charge in [-0.15, -0.1) is 0 Å². The zero-order chi connectivity index (χ0) is 18.7. The molecule has 0 spiro atoms. The van der Waals surface area contributed by atoms with Crippen LogP contribution in [0.15, 0.2) is 46.0 Å². The summed E-state index contributed by atoms with van der Waals surface area (Å²) in [5.74, 6) is 0.518. The van der Waals surface area contributed by atoms with Gasteiger partial charge in [0.1, 0.15) is 16.5 Å². The Morgan fingerprint density at radius 3 is 2.81 bits per heavy atom. The molecule has 9 heteroatoms. The van der Waals surface area contributed by atoms with E-state index >= 15 is 0 Å². The highest BCUT2D eigenvalue weighted by Gasteiger charge is 2.29. The lowest BCUT2D eigenvalue weighted by molar-refractivity contribution is -0.120. The van der Waals surface area contributed by atoms with Crippen LogP contribution < -0.4 is 10.2 Å². The molecule has 1 aliphatic heterocycles.